The number of nitrogens with two attached hydrogens (primary N) is 1. The maximum absolute atomic E-state index is 12.7. The lowest BCUT2D eigenvalue weighted by Gasteiger charge is -2.24. The molecule has 1 amide bonds. The van der Waals surface area contributed by atoms with Gasteiger partial charge >= 0.3 is 0 Å². The quantitative estimate of drug-likeness (QED) is 0.422. The minimum atomic E-state index is -1.09. The highest BCUT2D eigenvalue weighted by Crippen LogP contribution is 2.28. The molecule has 0 aliphatic carbocycles. The van der Waals surface area contributed by atoms with Gasteiger partial charge in [-0.05, 0) is 31.5 Å². The van der Waals surface area contributed by atoms with Gasteiger partial charge in [-0.15, -0.1) is 10.2 Å². The highest BCUT2D eigenvalue weighted by molar-refractivity contribution is 6.31. The number of amides is 1. The second kappa shape index (κ2) is 10.7. The summed E-state index contributed by atoms with van der Waals surface area (Å²) < 4.78 is 18.5. The van der Waals surface area contributed by atoms with Gasteiger partial charge in [0.25, 0.3) is 0 Å². The fraction of sp³-hybridized carbons (Fsp3) is 0.409. The van der Waals surface area contributed by atoms with Crippen LogP contribution in [0.25, 0.3) is 5.65 Å². The first-order chi connectivity index (χ1) is 15.3. The van der Waals surface area contributed by atoms with E-state index in [9.17, 15) is 4.79 Å². The standard InChI is InChI=1S/C22H28ClN5O4/c1-22(2,24)21(29)25-17(14-31-13-15-7-5-4-6-8-15)19-27-26-18-10-9-16(23)20(28(18)19)32-12-11-30-3/h4-10,17H,11-14,24H2,1-3H3,(H,25,29)/t17-/m1/s1. The Morgan fingerprint density at radius 1 is 1.19 bits per heavy atom. The van der Waals surface area contributed by atoms with Gasteiger partial charge in [-0.1, -0.05) is 41.9 Å². The average Bonchev–Trinajstić information content (AvgIpc) is 3.19. The molecule has 172 valence electrons. The van der Waals surface area contributed by atoms with Crippen LogP contribution in [-0.2, 0) is 20.9 Å². The zero-order valence-corrected chi connectivity index (χ0v) is 19.1. The normalized spacial score (nSPS) is 12.7. The largest absolute Gasteiger partial charge is 0.475 e. The number of nitrogens with one attached hydrogen (secondary N) is 1. The van der Waals surface area contributed by atoms with Crippen molar-refractivity contribution in [2.24, 2.45) is 5.73 Å². The topological polar surface area (TPSA) is 113 Å². The summed E-state index contributed by atoms with van der Waals surface area (Å²) in [4.78, 5) is 12.7. The van der Waals surface area contributed by atoms with Gasteiger partial charge in [0.15, 0.2) is 11.5 Å². The van der Waals surface area contributed by atoms with Crippen LogP contribution in [-0.4, -0.2) is 53.0 Å². The number of halogens is 1. The third kappa shape index (κ3) is 5.95. The van der Waals surface area contributed by atoms with Crippen molar-refractivity contribution in [2.45, 2.75) is 32.0 Å². The van der Waals surface area contributed by atoms with Crippen molar-refractivity contribution in [1.29, 1.82) is 0 Å². The average molecular weight is 462 g/mol. The van der Waals surface area contributed by atoms with Gasteiger partial charge in [-0.25, -0.2) is 4.40 Å². The molecule has 0 aliphatic heterocycles. The summed E-state index contributed by atoms with van der Waals surface area (Å²) >= 11 is 6.40. The van der Waals surface area contributed by atoms with Gasteiger partial charge < -0.3 is 25.3 Å². The van der Waals surface area contributed by atoms with Crippen LogP contribution in [0.4, 0.5) is 0 Å². The second-order valence-corrected chi connectivity index (χ2v) is 8.24. The number of carbonyl (C=O) groups is 1. The van der Waals surface area contributed by atoms with E-state index >= 15 is 0 Å². The molecule has 3 N–H and O–H groups in total. The lowest BCUT2D eigenvalue weighted by Crippen LogP contribution is -2.51. The number of methoxy groups -OCH3 is 1. The molecule has 0 bridgehead atoms. The van der Waals surface area contributed by atoms with E-state index in [2.05, 4.69) is 15.5 Å². The summed E-state index contributed by atoms with van der Waals surface area (Å²) in [7, 11) is 1.58. The highest BCUT2D eigenvalue weighted by atomic mass is 35.5. The van der Waals surface area contributed by atoms with Crippen LogP contribution in [0.15, 0.2) is 42.5 Å². The highest BCUT2D eigenvalue weighted by Gasteiger charge is 2.29. The summed E-state index contributed by atoms with van der Waals surface area (Å²) in [6.45, 7) is 4.43. The number of ether oxygens (including phenoxy) is 3. The number of carbonyl (C=O) groups excluding carboxylic acids is 1. The Balaban J connectivity index is 1.91. The maximum Gasteiger partial charge on any atom is 0.240 e. The van der Waals surface area contributed by atoms with Crippen LogP contribution in [0.5, 0.6) is 5.88 Å². The molecular formula is C22H28ClN5O4. The molecule has 0 saturated heterocycles. The molecule has 3 rings (SSSR count). The summed E-state index contributed by atoms with van der Waals surface area (Å²) in [6, 6.07) is 12.5. The molecule has 0 saturated carbocycles. The summed E-state index contributed by atoms with van der Waals surface area (Å²) in [6.07, 6.45) is 0. The smallest absolute Gasteiger partial charge is 0.240 e. The van der Waals surface area contributed by atoms with E-state index in [-0.39, 0.29) is 19.1 Å². The summed E-state index contributed by atoms with van der Waals surface area (Å²) in [5, 5.41) is 11.8. The third-order valence-electron chi connectivity index (χ3n) is 4.62. The summed E-state index contributed by atoms with van der Waals surface area (Å²) in [5.74, 6) is 0.419. The zero-order chi connectivity index (χ0) is 23.1. The van der Waals surface area contributed by atoms with Gasteiger partial charge in [0.05, 0.1) is 25.4 Å². The van der Waals surface area contributed by atoms with Crippen LogP contribution < -0.4 is 15.8 Å². The van der Waals surface area contributed by atoms with Crippen LogP contribution in [0.1, 0.15) is 31.3 Å². The number of hydrogen-bond donors (Lipinski definition) is 2. The first kappa shape index (κ1) is 23.9. The number of benzene rings is 1. The fourth-order valence-corrected chi connectivity index (χ4v) is 3.13. The number of pyridine rings is 1. The molecule has 1 atom stereocenters. The van der Waals surface area contributed by atoms with E-state index in [1.165, 1.54) is 0 Å². The molecule has 3 aromatic rings. The molecule has 9 nitrogen and oxygen atoms in total. The molecule has 2 heterocycles. The van der Waals surface area contributed by atoms with Crippen molar-refractivity contribution in [3.05, 3.63) is 58.9 Å². The van der Waals surface area contributed by atoms with E-state index in [1.807, 2.05) is 30.3 Å². The van der Waals surface area contributed by atoms with Gasteiger partial charge in [0, 0.05) is 7.11 Å². The fourth-order valence-electron chi connectivity index (χ4n) is 2.93. The van der Waals surface area contributed by atoms with Crippen LogP contribution >= 0.6 is 11.6 Å². The van der Waals surface area contributed by atoms with Crippen molar-refractivity contribution in [3.63, 3.8) is 0 Å². The molecule has 0 aliphatic rings. The van der Waals surface area contributed by atoms with Crippen molar-refractivity contribution in [1.82, 2.24) is 19.9 Å². The first-order valence-corrected chi connectivity index (χ1v) is 10.6. The molecular weight excluding hydrogens is 434 g/mol. The Labute approximate surface area is 191 Å². The van der Waals surface area contributed by atoms with E-state index in [4.69, 9.17) is 31.5 Å². The predicted molar refractivity (Wildman–Crippen MR) is 121 cm³/mol. The van der Waals surface area contributed by atoms with Crippen LogP contribution in [0.2, 0.25) is 5.02 Å². The van der Waals surface area contributed by atoms with Gasteiger partial charge in [-0.2, -0.15) is 0 Å². The van der Waals surface area contributed by atoms with Crippen LogP contribution in [0, 0.1) is 0 Å². The van der Waals surface area contributed by atoms with E-state index in [0.29, 0.717) is 35.6 Å². The predicted octanol–water partition coefficient (Wildman–Crippen LogP) is 2.52. The number of aromatic nitrogens is 3. The number of hydrogen-bond acceptors (Lipinski definition) is 7. The molecule has 0 radical (unpaired) electrons. The molecule has 32 heavy (non-hydrogen) atoms. The van der Waals surface area contributed by atoms with Crippen molar-refractivity contribution in [3.8, 4) is 5.88 Å². The lowest BCUT2D eigenvalue weighted by atomic mass is 10.1. The molecule has 0 unspecified atom stereocenters. The molecule has 1 aromatic carbocycles. The molecule has 10 heteroatoms. The Bertz CT molecular complexity index is 1040. The summed E-state index contributed by atoms with van der Waals surface area (Å²) in [5.41, 5.74) is 6.43. The zero-order valence-electron chi connectivity index (χ0n) is 18.4. The van der Waals surface area contributed by atoms with Gasteiger partial charge in [0.1, 0.15) is 17.7 Å². The van der Waals surface area contributed by atoms with Gasteiger partial charge in [-0.3, -0.25) is 4.79 Å². The van der Waals surface area contributed by atoms with E-state index in [1.54, 1.807) is 37.5 Å². The number of fused-ring (bicyclic) bond motifs is 1. The SMILES string of the molecule is COCCOc1c(Cl)ccc2nnc([C@@H](COCc3ccccc3)NC(=O)C(C)(C)N)n12. The molecule has 0 spiro atoms. The van der Waals surface area contributed by atoms with E-state index < -0.39 is 11.6 Å². The first-order valence-electron chi connectivity index (χ1n) is 10.2. The maximum atomic E-state index is 12.7. The Morgan fingerprint density at radius 3 is 2.62 bits per heavy atom. The minimum absolute atomic E-state index is 0.140. The number of nitrogens with zero attached hydrogens (tertiary/aromatic N) is 3. The lowest BCUT2D eigenvalue weighted by molar-refractivity contribution is -0.126. The monoisotopic (exact) mass is 461 g/mol. The van der Waals surface area contributed by atoms with Gasteiger partial charge in [0.2, 0.25) is 11.8 Å². The van der Waals surface area contributed by atoms with Crippen LogP contribution in [0.3, 0.4) is 0 Å². The van der Waals surface area contributed by atoms with Crippen molar-refractivity contribution >= 4 is 23.2 Å². The Kier molecular flexibility index (Phi) is 8.03. The van der Waals surface area contributed by atoms with E-state index in [0.717, 1.165) is 5.56 Å². The Morgan fingerprint density at radius 2 is 1.94 bits per heavy atom. The second-order valence-electron chi connectivity index (χ2n) is 7.83. The third-order valence-corrected chi connectivity index (χ3v) is 4.91. The minimum Gasteiger partial charge on any atom is -0.475 e. The van der Waals surface area contributed by atoms with Crippen molar-refractivity contribution in [2.75, 3.05) is 26.9 Å². The van der Waals surface area contributed by atoms with Crippen molar-refractivity contribution < 1.29 is 19.0 Å². The number of rotatable bonds is 11. The molecule has 2 aromatic heterocycles. The molecule has 0 fully saturated rings. The Hall–Kier alpha value is -2.72.